The Morgan fingerprint density at radius 3 is 2.52 bits per heavy atom. The smallest absolute Gasteiger partial charge is 0.226 e. The average molecular weight is 474 g/mol. The Bertz CT molecular complexity index is 1300. The third kappa shape index (κ3) is 4.11. The molecule has 2 atom stereocenters. The molecule has 2 aromatic heterocycles. The quantitative estimate of drug-likeness (QED) is 0.560. The van der Waals surface area contributed by atoms with Crippen molar-refractivity contribution in [3.05, 3.63) is 41.0 Å². The van der Waals surface area contributed by atoms with Crippen molar-refractivity contribution in [3.63, 3.8) is 0 Å². The molecular formula is C23H31N5O4S. The molecule has 0 bridgehead atoms. The molecule has 1 aliphatic rings. The predicted octanol–water partition coefficient (Wildman–Crippen LogP) is 2.69. The van der Waals surface area contributed by atoms with Crippen LogP contribution in [0.1, 0.15) is 62.0 Å². The summed E-state index contributed by atoms with van der Waals surface area (Å²) in [5.74, 6) is 1.58. The minimum atomic E-state index is -3.50. The normalized spacial score (nSPS) is 17.6. The van der Waals surface area contributed by atoms with Crippen molar-refractivity contribution in [2.75, 3.05) is 17.7 Å². The first-order chi connectivity index (χ1) is 15.6. The van der Waals surface area contributed by atoms with Gasteiger partial charge in [-0.3, -0.25) is 0 Å². The zero-order chi connectivity index (χ0) is 24.1. The van der Waals surface area contributed by atoms with E-state index in [0.717, 1.165) is 28.9 Å². The second-order valence-corrected chi connectivity index (χ2v) is 11.0. The van der Waals surface area contributed by atoms with Crippen LogP contribution in [-0.4, -0.2) is 51.0 Å². The van der Waals surface area contributed by atoms with Crippen LogP contribution in [0.4, 0.5) is 5.95 Å². The lowest BCUT2D eigenvalue weighted by Gasteiger charge is -2.38. The van der Waals surface area contributed by atoms with E-state index in [2.05, 4.69) is 28.3 Å². The fourth-order valence-corrected chi connectivity index (χ4v) is 5.59. The molecule has 178 valence electrons. The van der Waals surface area contributed by atoms with Crippen LogP contribution in [0.3, 0.4) is 0 Å². The molecule has 4 rings (SSSR count). The first-order valence-electron chi connectivity index (χ1n) is 11.2. The molecule has 0 spiro atoms. The summed E-state index contributed by atoms with van der Waals surface area (Å²) < 4.78 is 26.7. The van der Waals surface area contributed by atoms with Crippen molar-refractivity contribution in [1.82, 2.24) is 19.5 Å². The van der Waals surface area contributed by atoms with Crippen LogP contribution in [0.25, 0.3) is 11.0 Å². The second kappa shape index (κ2) is 8.66. The minimum Gasteiger partial charge on any atom is -0.392 e. The minimum absolute atomic E-state index is 0.119. The van der Waals surface area contributed by atoms with Gasteiger partial charge in [-0.15, -0.1) is 0 Å². The van der Waals surface area contributed by atoms with Gasteiger partial charge in [0.05, 0.1) is 34.7 Å². The number of hydrogen-bond acceptors (Lipinski definition) is 8. The van der Waals surface area contributed by atoms with E-state index in [1.165, 1.54) is 0 Å². The Morgan fingerprint density at radius 2 is 1.94 bits per heavy atom. The van der Waals surface area contributed by atoms with Gasteiger partial charge in [0.25, 0.3) is 0 Å². The van der Waals surface area contributed by atoms with E-state index in [4.69, 9.17) is 9.97 Å². The van der Waals surface area contributed by atoms with Gasteiger partial charge >= 0.3 is 0 Å². The van der Waals surface area contributed by atoms with E-state index in [1.54, 1.807) is 18.3 Å². The van der Waals surface area contributed by atoms with Crippen molar-refractivity contribution < 1.29 is 18.6 Å². The Labute approximate surface area is 194 Å². The number of anilines is 1. The number of aryl methyl sites for hydroxylation is 1. The lowest BCUT2D eigenvalue weighted by molar-refractivity contribution is 0.172. The molecule has 0 amide bonds. The highest BCUT2D eigenvalue weighted by atomic mass is 32.2. The number of nitrogens with zero attached hydrogens (tertiary/aromatic N) is 5. The molecule has 33 heavy (non-hydrogen) atoms. The van der Waals surface area contributed by atoms with Crippen molar-refractivity contribution in [1.29, 1.82) is 0 Å². The van der Waals surface area contributed by atoms with Gasteiger partial charge in [0, 0.05) is 36.8 Å². The second-order valence-electron chi connectivity index (χ2n) is 9.02. The Morgan fingerprint density at radius 1 is 1.21 bits per heavy atom. The zero-order valence-corrected chi connectivity index (χ0v) is 20.5. The van der Waals surface area contributed by atoms with Gasteiger partial charge in [0.1, 0.15) is 5.82 Å². The average Bonchev–Trinajstić information content (AvgIpc) is 3.13. The van der Waals surface area contributed by atoms with Gasteiger partial charge in [-0.05, 0) is 37.0 Å². The summed E-state index contributed by atoms with van der Waals surface area (Å²) in [6.45, 7) is 8.87. The van der Waals surface area contributed by atoms with Gasteiger partial charge in [-0.1, -0.05) is 20.8 Å². The molecule has 2 N–H and O–H groups in total. The van der Waals surface area contributed by atoms with Crippen LogP contribution < -0.4 is 4.90 Å². The van der Waals surface area contributed by atoms with Gasteiger partial charge in [0.2, 0.25) is 5.95 Å². The third-order valence-electron chi connectivity index (χ3n) is 6.33. The fraction of sp³-hybridized carbons (Fsp3) is 0.522. The maximum Gasteiger partial charge on any atom is 0.226 e. The molecule has 1 aliphatic heterocycles. The number of aliphatic hydroxyl groups excluding tert-OH is 2. The van der Waals surface area contributed by atoms with E-state index in [9.17, 15) is 18.6 Å². The molecule has 1 aromatic carbocycles. The number of rotatable bonds is 6. The van der Waals surface area contributed by atoms with Crippen LogP contribution in [0.5, 0.6) is 0 Å². The maximum absolute atomic E-state index is 12.3. The molecule has 3 aromatic rings. The first-order valence-corrected chi connectivity index (χ1v) is 13.1. The first kappa shape index (κ1) is 23.6. The number of benzene rings is 1. The monoisotopic (exact) mass is 473 g/mol. The van der Waals surface area contributed by atoms with Gasteiger partial charge in [-0.25, -0.2) is 23.4 Å². The van der Waals surface area contributed by atoms with E-state index in [-0.39, 0.29) is 23.5 Å². The summed E-state index contributed by atoms with van der Waals surface area (Å²) in [5.41, 5.74) is 3.24. The number of sulfone groups is 1. The third-order valence-corrected chi connectivity index (χ3v) is 7.51. The van der Waals surface area contributed by atoms with Gasteiger partial charge < -0.3 is 19.7 Å². The molecule has 1 unspecified atom stereocenters. The largest absolute Gasteiger partial charge is 0.392 e. The number of fused-ring (bicyclic) bond motifs is 3. The Hall–Kier alpha value is -2.56. The zero-order valence-electron chi connectivity index (χ0n) is 19.6. The number of aliphatic hydroxyl groups is 2. The summed E-state index contributed by atoms with van der Waals surface area (Å²) in [6, 6.07) is 3.17. The standard InChI is InChI=1S/C23H31N5O4S/c1-6-19(30)16-11-24-23(25-14(16)4)28-8-7-27-18-10-20(33(5,31)32)15(12-29)9-17(18)26-22(27)21(28)13(2)3/h9-11,13,19,21,29-30H,6-8,12H2,1-5H3/t19?,21-/m0/s1. The molecule has 10 heteroatoms. The highest BCUT2D eigenvalue weighted by molar-refractivity contribution is 7.90. The van der Waals surface area contributed by atoms with Crippen LogP contribution in [-0.2, 0) is 23.0 Å². The number of hydrogen-bond donors (Lipinski definition) is 2. The van der Waals surface area contributed by atoms with E-state index in [0.29, 0.717) is 36.5 Å². The van der Waals surface area contributed by atoms with Crippen molar-refractivity contribution in [2.24, 2.45) is 5.92 Å². The van der Waals surface area contributed by atoms with Crippen molar-refractivity contribution in [2.45, 2.75) is 64.3 Å². The Balaban J connectivity index is 1.83. The van der Waals surface area contributed by atoms with E-state index >= 15 is 0 Å². The van der Waals surface area contributed by atoms with Gasteiger partial charge in [0.15, 0.2) is 9.84 Å². The molecule has 0 aliphatic carbocycles. The lowest BCUT2D eigenvalue weighted by atomic mass is 10.00. The highest BCUT2D eigenvalue weighted by Crippen LogP contribution is 2.37. The van der Waals surface area contributed by atoms with Crippen LogP contribution in [0, 0.1) is 12.8 Å². The molecule has 3 heterocycles. The van der Waals surface area contributed by atoms with E-state index in [1.807, 2.05) is 13.8 Å². The number of aromatic nitrogens is 4. The van der Waals surface area contributed by atoms with Crippen LogP contribution >= 0.6 is 0 Å². The molecular weight excluding hydrogens is 442 g/mol. The molecule has 9 nitrogen and oxygen atoms in total. The summed E-state index contributed by atoms with van der Waals surface area (Å²) in [4.78, 5) is 16.4. The topological polar surface area (TPSA) is 121 Å². The highest BCUT2D eigenvalue weighted by Gasteiger charge is 2.35. The molecule has 0 saturated heterocycles. The van der Waals surface area contributed by atoms with Gasteiger partial charge in [-0.2, -0.15) is 0 Å². The van der Waals surface area contributed by atoms with Crippen LogP contribution in [0.15, 0.2) is 23.2 Å². The summed E-state index contributed by atoms with van der Waals surface area (Å²) in [6.07, 6.45) is 2.86. The Kier molecular flexibility index (Phi) is 6.19. The molecule has 0 fully saturated rings. The SMILES string of the molecule is CCC(O)c1cnc(N2CCn3c(nc4cc(CO)c(S(C)(=O)=O)cc43)[C@@H]2C(C)C)nc1C. The molecule has 0 saturated carbocycles. The van der Waals surface area contributed by atoms with Crippen LogP contribution in [0.2, 0.25) is 0 Å². The predicted molar refractivity (Wildman–Crippen MR) is 126 cm³/mol. The summed E-state index contributed by atoms with van der Waals surface area (Å²) in [7, 11) is -3.50. The van der Waals surface area contributed by atoms with Crippen molar-refractivity contribution in [3.8, 4) is 0 Å². The summed E-state index contributed by atoms with van der Waals surface area (Å²) in [5, 5.41) is 20.0. The summed E-state index contributed by atoms with van der Waals surface area (Å²) >= 11 is 0. The molecule has 0 radical (unpaired) electrons. The van der Waals surface area contributed by atoms with E-state index < -0.39 is 15.9 Å². The van der Waals surface area contributed by atoms with Crippen molar-refractivity contribution >= 4 is 26.8 Å². The lowest BCUT2D eigenvalue weighted by Crippen LogP contribution is -2.42. The maximum atomic E-state index is 12.3. The fourth-order valence-electron chi connectivity index (χ4n) is 4.66. The number of imidazole rings is 1.